The number of nitro benzene ring substituents is 4. The molecule has 0 fully saturated rings. The Labute approximate surface area is 224 Å². The van der Waals surface area contributed by atoms with Gasteiger partial charge in [-0.3, -0.25) is 40.5 Å². The molecular weight excluding hydrogens is 547 g/mol. The number of hydrogen-bond acceptors (Lipinski definition) is 8. The van der Waals surface area contributed by atoms with E-state index >= 15 is 0 Å². The largest absolute Gasteiger partial charge is 0.347 e. The van der Waals surface area contributed by atoms with Crippen LogP contribution < -0.4 is 9.13 Å². The molecule has 0 bridgehead atoms. The first-order valence-corrected chi connectivity index (χ1v) is 10.0. The fourth-order valence-corrected chi connectivity index (χ4v) is 3.54. The van der Waals surface area contributed by atoms with Crippen molar-refractivity contribution in [3.8, 4) is 22.5 Å². The highest BCUT2D eigenvalue weighted by atomic mass is 35.5. The number of non-ortho nitro benzene ring substituents is 2. The van der Waals surface area contributed by atoms with Gasteiger partial charge in [-0.05, 0) is 11.1 Å². The van der Waals surface area contributed by atoms with Crippen LogP contribution in [0, 0.1) is 40.5 Å². The molecule has 0 aliphatic rings. The number of halogens is 2. The van der Waals surface area contributed by atoms with Crippen LogP contribution in [0.1, 0.15) is 0 Å². The summed E-state index contributed by atoms with van der Waals surface area (Å²) in [6.45, 7) is 0. The van der Waals surface area contributed by atoms with Gasteiger partial charge in [-0.2, -0.15) is 9.13 Å². The predicted octanol–water partition coefficient (Wildman–Crippen LogP) is 4.38. The number of pyridine rings is 2. The molecule has 0 saturated carbocycles. The Morgan fingerprint density at radius 1 is 0.474 bits per heavy atom. The van der Waals surface area contributed by atoms with Gasteiger partial charge in [0.1, 0.15) is 12.1 Å². The molecule has 0 atom stereocenters. The normalized spacial score (nSPS) is 10.0. The summed E-state index contributed by atoms with van der Waals surface area (Å²) in [5, 5.41) is 44.7. The van der Waals surface area contributed by atoms with Gasteiger partial charge in [-0.1, -0.05) is 0 Å². The van der Waals surface area contributed by atoms with E-state index in [0.717, 1.165) is 23.3 Å². The maximum Gasteiger partial charge on any atom is 0.347 e. The first kappa shape index (κ1) is 29.2. The Kier molecular flexibility index (Phi) is 9.03. The lowest BCUT2D eigenvalue weighted by Crippen LogP contribution is -2.31. The summed E-state index contributed by atoms with van der Waals surface area (Å²) < 4.78 is 2.91. The van der Waals surface area contributed by atoms with Gasteiger partial charge in [-0.25, -0.2) is 0 Å². The van der Waals surface area contributed by atoms with Crippen LogP contribution in [-0.4, -0.2) is 19.7 Å². The van der Waals surface area contributed by atoms with Gasteiger partial charge in [0.15, 0.2) is 24.8 Å². The zero-order valence-corrected chi connectivity index (χ0v) is 20.5. The molecule has 2 heterocycles. The standard InChI is InChI=1S/C22H14N6O8.2ClH/c29-25(30)17-1-3-19(21(13-17)27(33)34)23-9-5-15(6-10-23)16-7-11-24(12-8-16)20-4-2-18(26(31)32)14-22(20)28(35)36;;/h1-14H;2*1H/q+2;;. The van der Waals surface area contributed by atoms with Crippen LogP contribution in [0.4, 0.5) is 22.7 Å². The molecule has 194 valence electrons. The number of hydrogen-bond donors (Lipinski definition) is 0. The van der Waals surface area contributed by atoms with Crippen LogP contribution >= 0.6 is 24.8 Å². The van der Waals surface area contributed by atoms with Gasteiger partial charge >= 0.3 is 11.4 Å². The molecule has 0 radical (unpaired) electrons. The van der Waals surface area contributed by atoms with Crippen LogP contribution in [0.25, 0.3) is 22.5 Å². The van der Waals surface area contributed by atoms with Crippen molar-refractivity contribution < 1.29 is 28.8 Å². The molecule has 0 spiro atoms. The van der Waals surface area contributed by atoms with E-state index in [-0.39, 0.29) is 36.2 Å². The van der Waals surface area contributed by atoms with Crippen LogP contribution in [-0.2, 0) is 0 Å². The van der Waals surface area contributed by atoms with E-state index in [4.69, 9.17) is 0 Å². The summed E-state index contributed by atoms with van der Waals surface area (Å²) in [5.74, 6) is 0. The van der Waals surface area contributed by atoms with Gasteiger partial charge in [0.05, 0.1) is 19.7 Å². The summed E-state index contributed by atoms with van der Waals surface area (Å²) in [7, 11) is 0. The molecule has 0 unspecified atom stereocenters. The van der Waals surface area contributed by atoms with Crippen LogP contribution in [0.15, 0.2) is 85.5 Å². The van der Waals surface area contributed by atoms with Crippen molar-refractivity contribution >= 4 is 47.6 Å². The topological polar surface area (TPSA) is 180 Å². The fraction of sp³-hybridized carbons (Fsp3) is 0. The van der Waals surface area contributed by atoms with Gasteiger partial charge in [0.25, 0.3) is 22.7 Å². The molecule has 14 nitrogen and oxygen atoms in total. The minimum atomic E-state index is -0.711. The van der Waals surface area contributed by atoms with Crippen molar-refractivity contribution in [1.29, 1.82) is 0 Å². The SMILES string of the molecule is Cl.Cl.O=[N+]([O-])c1ccc(-[n+]2ccc(-c3cc[n+](-c4ccc([N+](=O)[O-])cc4[N+](=O)[O-])cc3)cc2)c([N+](=O)[O-])c1. The molecule has 2 aromatic carbocycles. The summed E-state index contributed by atoms with van der Waals surface area (Å²) in [5.41, 5.74) is 0.103. The number of rotatable bonds is 7. The van der Waals surface area contributed by atoms with Gasteiger partial charge in [0, 0.05) is 48.5 Å². The molecular formula is C22H16Cl2N6O8+2. The summed E-state index contributed by atoms with van der Waals surface area (Å²) in [4.78, 5) is 41.9. The molecule has 16 heteroatoms. The second-order valence-corrected chi connectivity index (χ2v) is 7.36. The van der Waals surface area contributed by atoms with E-state index in [1.165, 1.54) is 33.4 Å². The van der Waals surface area contributed by atoms with Crippen LogP contribution in [0.2, 0.25) is 0 Å². The molecule has 4 aromatic rings. The van der Waals surface area contributed by atoms with Crippen molar-refractivity contribution in [3.05, 3.63) is 126 Å². The third-order valence-corrected chi connectivity index (χ3v) is 5.28. The quantitative estimate of drug-likeness (QED) is 0.180. The zero-order chi connectivity index (χ0) is 26.0. The number of aromatic nitrogens is 2. The van der Waals surface area contributed by atoms with Crippen molar-refractivity contribution in [2.75, 3.05) is 0 Å². The van der Waals surface area contributed by atoms with E-state index in [9.17, 15) is 40.5 Å². The van der Waals surface area contributed by atoms with Crippen molar-refractivity contribution in [3.63, 3.8) is 0 Å². The van der Waals surface area contributed by atoms with Gasteiger partial charge < -0.3 is 0 Å². The number of benzene rings is 2. The summed E-state index contributed by atoms with van der Waals surface area (Å²) >= 11 is 0. The van der Waals surface area contributed by atoms with E-state index in [1.54, 1.807) is 49.1 Å². The molecule has 0 saturated heterocycles. The number of nitro groups is 4. The first-order chi connectivity index (χ1) is 17.2. The highest BCUT2D eigenvalue weighted by molar-refractivity contribution is 5.85. The lowest BCUT2D eigenvalue weighted by molar-refractivity contribution is -0.601. The Morgan fingerprint density at radius 3 is 1.05 bits per heavy atom. The molecule has 0 aliphatic heterocycles. The summed E-state index contributed by atoms with van der Waals surface area (Å²) in [6, 6.07) is 13.4. The second kappa shape index (κ2) is 11.8. The zero-order valence-electron chi connectivity index (χ0n) is 18.8. The third kappa shape index (κ3) is 5.83. The highest BCUT2D eigenvalue weighted by Crippen LogP contribution is 2.26. The predicted molar refractivity (Wildman–Crippen MR) is 136 cm³/mol. The lowest BCUT2D eigenvalue weighted by atomic mass is 10.1. The van der Waals surface area contributed by atoms with E-state index in [2.05, 4.69) is 0 Å². The molecule has 2 aromatic heterocycles. The molecule has 0 amide bonds. The van der Waals surface area contributed by atoms with Crippen LogP contribution in [0.3, 0.4) is 0 Å². The van der Waals surface area contributed by atoms with Crippen molar-refractivity contribution in [1.82, 2.24) is 0 Å². The monoisotopic (exact) mass is 562 g/mol. The molecule has 38 heavy (non-hydrogen) atoms. The smallest absolute Gasteiger partial charge is 0.258 e. The second-order valence-electron chi connectivity index (χ2n) is 7.36. The minimum absolute atomic E-state index is 0. The van der Waals surface area contributed by atoms with Gasteiger partial charge in [-0.15, -0.1) is 24.8 Å². The Balaban J connectivity index is 0.00000253. The molecule has 0 aliphatic carbocycles. The van der Waals surface area contributed by atoms with E-state index in [0.29, 0.717) is 0 Å². The van der Waals surface area contributed by atoms with E-state index in [1.807, 2.05) is 0 Å². The Bertz CT molecular complexity index is 1430. The van der Waals surface area contributed by atoms with Crippen LogP contribution in [0.5, 0.6) is 0 Å². The Hall–Kier alpha value is -5.08. The minimum Gasteiger partial charge on any atom is -0.258 e. The van der Waals surface area contributed by atoms with Crippen molar-refractivity contribution in [2.24, 2.45) is 0 Å². The maximum absolute atomic E-state index is 11.4. The third-order valence-electron chi connectivity index (χ3n) is 5.28. The summed E-state index contributed by atoms with van der Waals surface area (Å²) in [6.07, 6.45) is 6.24. The average molecular weight is 563 g/mol. The molecule has 0 N–H and O–H groups in total. The Morgan fingerprint density at radius 2 is 0.789 bits per heavy atom. The van der Waals surface area contributed by atoms with E-state index < -0.39 is 42.4 Å². The number of nitrogens with zero attached hydrogens (tertiary/aromatic N) is 6. The maximum atomic E-state index is 11.4. The average Bonchev–Trinajstić information content (AvgIpc) is 2.88. The fourth-order valence-electron chi connectivity index (χ4n) is 3.54. The van der Waals surface area contributed by atoms with Crippen molar-refractivity contribution in [2.45, 2.75) is 0 Å². The lowest BCUT2D eigenvalue weighted by Gasteiger charge is -2.02. The highest BCUT2D eigenvalue weighted by Gasteiger charge is 2.27. The molecule has 4 rings (SSSR count). The van der Waals surface area contributed by atoms with Gasteiger partial charge in [0.2, 0.25) is 0 Å². The first-order valence-electron chi connectivity index (χ1n) is 10.0.